The van der Waals surface area contributed by atoms with Crippen LogP contribution in [-0.2, 0) is 19.8 Å². The Balaban J connectivity index is 2.22. The smallest absolute Gasteiger partial charge is 0.312 e. The molecule has 0 bridgehead atoms. The molecule has 0 atom stereocenters. The van der Waals surface area contributed by atoms with Crippen LogP contribution in [0.25, 0.3) is 0 Å². The summed E-state index contributed by atoms with van der Waals surface area (Å²) in [5.74, 6) is -0.500. The summed E-state index contributed by atoms with van der Waals surface area (Å²) in [7, 11) is 0. The van der Waals surface area contributed by atoms with Crippen molar-refractivity contribution in [3.8, 4) is 0 Å². The molecule has 2 aliphatic rings. The van der Waals surface area contributed by atoms with Crippen molar-refractivity contribution < 1.29 is 14.4 Å². The van der Waals surface area contributed by atoms with Crippen LogP contribution in [0.15, 0.2) is 63.9 Å². The molecule has 0 unspecified atom stereocenters. The van der Waals surface area contributed by atoms with Crippen molar-refractivity contribution in [2.75, 3.05) is 0 Å². The second-order valence-electron chi connectivity index (χ2n) is 11.4. The van der Waals surface area contributed by atoms with Gasteiger partial charge in [0.1, 0.15) is 5.71 Å². The van der Waals surface area contributed by atoms with Crippen molar-refractivity contribution in [3.63, 3.8) is 0 Å². The van der Waals surface area contributed by atoms with Crippen LogP contribution in [0.5, 0.6) is 0 Å². The summed E-state index contributed by atoms with van der Waals surface area (Å²) in [6.07, 6.45) is 3.54. The Kier molecular flexibility index (Phi) is 5.50. The second-order valence-corrected chi connectivity index (χ2v) is 11.4. The van der Waals surface area contributed by atoms with Crippen molar-refractivity contribution in [2.24, 2.45) is 16.0 Å². The van der Waals surface area contributed by atoms with Crippen LogP contribution in [0, 0.1) is 10.8 Å². The van der Waals surface area contributed by atoms with E-state index in [0.717, 1.165) is 16.7 Å². The molecule has 3 rings (SSSR count). The van der Waals surface area contributed by atoms with Crippen LogP contribution < -0.4 is 0 Å². The molecule has 31 heavy (non-hydrogen) atoms. The van der Waals surface area contributed by atoms with E-state index in [2.05, 4.69) is 38.1 Å². The highest BCUT2D eigenvalue weighted by Crippen LogP contribution is 2.42. The van der Waals surface area contributed by atoms with Crippen molar-refractivity contribution in [3.05, 3.63) is 69.8 Å². The molecule has 164 valence electrons. The average Bonchev–Trinajstić information content (AvgIpc) is 3.00. The van der Waals surface area contributed by atoms with Gasteiger partial charge in [0.25, 0.3) is 0 Å². The maximum absolute atomic E-state index is 12.9. The monoisotopic (exact) mass is 419 g/mol. The summed E-state index contributed by atoms with van der Waals surface area (Å²) < 4.78 is 0. The van der Waals surface area contributed by atoms with Gasteiger partial charge in [0.2, 0.25) is 0 Å². The van der Waals surface area contributed by atoms with Gasteiger partial charge in [0.05, 0.1) is 5.57 Å². The fourth-order valence-corrected chi connectivity index (χ4v) is 3.83. The van der Waals surface area contributed by atoms with Crippen molar-refractivity contribution in [2.45, 2.75) is 67.7 Å². The van der Waals surface area contributed by atoms with Crippen LogP contribution in [0.3, 0.4) is 0 Å². The minimum atomic E-state index is -0.487. The quantitative estimate of drug-likeness (QED) is 0.410. The Morgan fingerprint density at radius 3 is 1.74 bits per heavy atom. The summed E-state index contributed by atoms with van der Waals surface area (Å²) in [6, 6.07) is 8.07. The summed E-state index contributed by atoms with van der Waals surface area (Å²) in [6.45, 7) is 18.6. The van der Waals surface area contributed by atoms with Gasteiger partial charge in [0, 0.05) is 11.1 Å². The Morgan fingerprint density at radius 1 is 0.710 bits per heavy atom. The van der Waals surface area contributed by atoms with Crippen molar-refractivity contribution in [1.82, 2.24) is 0 Å². The largest absolute Gasteiger partial charge is 0.368 e. The first-order valence-electron chi connectivity index (χ1n) is 10.7. The maximum atomic E-state index is 12.9. The fourth-order valence-electron chi connectivity index (χ4n) is 3.83. The predicted molar refractivity (Wildman–Crippen MR) is 125 cm³/mol. The van der Waals surface area contributed by atoms with Gasteiger partial charge in [-0.15, -0.1) is 0 Å². The highest BCUT2D eigenvalue weighted by molar-refractivity contribution is 6.30. The van der Waals surface area contributed by atoms with Crippen molar-refractivity contribution in [1.29, 1.82) is 0 Å². The van der Waals surface area contributed by atoms with Gasteiger partial charge in [-0.3, -0.25) is 4.79 Å². The van der Waals surface area contributed by atoms with E-state index in [-0.39, 0.29) is 22.0 Å². The first-order chi connectivity index (χ1) is 14.1. The van der Waals surface area contributed by atoms with E-state index in [1.165, 1.54) is 5.56 Å². The molecule has 1 aromatic carbocycles. The number of carbonyl (C=O) groups excluding carboxylic acids is 2. The summed E-state index contributed by atoms with van der Waals surface area (Å²) in [5, 5.41) is 4.13. The van der Waals surface area contributed by atoms with Gasteiger partial charge in [-0.05, 0) is 45.1 Å². The Labute approximate surface area is 185 Å². The van der Waals surface area contributed by atoms with E-state index < -0.39 is 5.97 Å². The molecule has 0 spiro atoms. The molecule has 0 saturated carbocycles. The number of nitrogens with zero attached hydrogens (tertiary/aromatic N) is 1. The SMILES string of the molecule is CC(C)(C)C1=CC(=C2C(=O)ON=C2c2ccc(C(C)(C)C)cc2)C(C(C)(C)C)=CC1=O. The van der Waals surface area contributed by atoms with Crippen LogP contribution in [0.2, 0.25) is 0 Å². The Bertz CT molecular complexity index is 1060. The number of hydrogen-bond donors (Lipinski definition) is 0. The molecule has 0 radical (unpaired) electrons. The normalized spacial score (nSPS) is 20.4. The molecule has 0 amide bonds. The van der Waals surface area contributed by atoms with Gasteiger partial charge < -0.3 is 4.84 Å². The van der Waals surface area contributed by atoms with E-state index in [1.54, 1.807) is 6.08 Å². The third-order valence-corrected chi connectivity index (χ3v) is 5.69. The first kappa shape index (κ1) is 22.9. The minimum absolute atomic E-state index is 0.0128. The van der Waals surface area contributed by atoms with E-state index in [0.29, 0.717) is 16.9 Å². The van der Waals surface area contributed by atoms with E-state index in [1.807, 2.05) is 59.8 Å². The molecule has 0 aromatic heterocycles. The van der Waals surface area contributed by atoms with Gasteiger partial charge in [0.15, 0.2) is 5.78 Å². The van der Waals surface area contributed by atoms with Gasteiger partial charge in [-0.25, -0.2) is 4.79 Å². The fraction of sp³-hybridized carbons (Fsp3) is 0.444. The molecular weight excluding hydrogens is 386 g/mol. The van der Waals surface area contributed by atoms with Crippen LogP contribution in [-0.4, -0.2) is 17.5 Å². The third kappa shape index (κ3) is 4.48. The molecule has 1 aromatic rings. The molecule has 1 heterocycles. The van der Waals surface area contributed by atoms with Crippen LogP contribution in [0.1, 0.15) is 73.4 Å². The maximum Gasteiger partial charge on any atom is 0.368 e. The molecule has 0 fully saturated rings. The first-order valence-corrected chi connectivity index (χ1v) is 10.7. The van der Waals surface area contributed by atoms with Crippen LogP contribution in [0.4, 0.5) is 0 Å². The van der Waals surface area contributed by atoms with Crippen molar-refractivity contribution >= 4 is 17.5 Å². The van der Waals surface area contributed by atoms with Gasteiger partial charge >= 0.3 is 5.97 Å². The summed E-state index contributed by atoms with van der Waals surface area (Å²) >= 11 is 0. The highest BCUT2D eigenvalue weighted by atomic mass is 16.7. The zero-order valence-electron chi connectivity index (χ0n) is 20.1. The number of oxime groups is 1. The molecule has 4 nitrogen and oxygen atoms in total. The summed E-state index contributed by atoms with van der Waals surface area (Å²) in [4.78, 5) is 30.9. The minimum Gasteiger partial charge on any atom is -0.312 e. The second kappa shape index (κ2) is 7.44. The number of ketones is 1. The third-order valence-electron chi connectivity index (χ3n) is 5.69. The predicted octanol–water partition coefficient (Wildman–Crippen LogP) is 6.07. The van der Waals surface area contributed by atoms with Gasteiger partial charge in [-0.1, -0.05) is 91.7 Å². The zero-order valence-corrected chi connectivity index (χ0v) is 20.1. The standard InChI is InChI=1S/C27H33NO3/c1-25(2,3)17-12-10-16(11-13-17)23-22(24(30)31-28-23)18-14-20(27(7,8)9)21(29)15-19(18)26(4,5)6/h10-15H,1-9H3. The average molecular weight is 420 g/mol. The number of hydrogen-bond acceptors (Lipinski definition) is 4. The lowest BCUT2D eigenvalue weighted by Gasteiger charge is -2.31. The molecular formula is C27H33NO3. The zero-order chi connectivity index (χ0) is 23.4. The highest BCUT2D eigenvalue weighted by Gasteiger charge is 2.37. The number of rotatable bonds is 1. The Hall–Kier alpha value is -2.75. The molecule has 4 heteroatoms. The van der Waals surface area contributed by atoms with Gasteiger partial charge in [-0.2, -0.15) is 0 Å². The number of carbonyl (C=O) groups is 2. The topological polar surface area (TPSA) is 55.7 Å². The van der Waals surface area contributed by atoms with E-state index in [9.17, 15) is 9.59 Å². The lowest BCUT2D eigenvalue weighted by atomic mass is 9.71. The lowest BCUT2D eigenvalue weighted by molar-refractivity contribution is -0.136. The summed E-state index contributed by atoms with van der Waals surface area (Å²) in [5.41, 5.74) is 4.50. The molecule has 1 aliphatic heterocycles. The molecule has 1 aliphatic carbocycles. The van der Waals surface area contributed by atoms with E-state index in [4.69, 9.17) is 4.84 Å². The van der Waals surface area contributed by atoms with E-state index >= 15 is 0 Å². The van der Waals surface area contributed by atoms with Crippen LogP contribution >= 0.6 is 0 Å². The number of allylic oxidation sites excluding steroid dienone is 5. The lowest BCUT2D eigenvalue weighted by Crippen LogP contribution is -2.26. The Morgan fingerprint density at radius 2 is 1.26 bits per heavy atom. The number of benzene rings is 1. The molecule has 0 N–H and O–H groups in total. The molecule has 0 saturated heterocycles.